The van der Waals surface area contributed by atoms with Gasteiger partial charge in [0.25, 0.3) is 0 Å². The van der Waals surface area contributed by atoms with Crippen LogP contribution in [0.5, 0.6) is 0 Å². The smallest absolute Gasteiger partial charge is 0.0406 e. The zero-order valence-electron chi connectivity index (χ0n) is 22.0. The highest BCUT2D eigenvalue weighted by atomic mass is 32.2. The van der Waals surface area contributed by atoms with Crippen LogP contribution in [0, 0.1) is 0 Å². The van der Waals surface area contributed by atoms with Gasteiger partial charge in [-0.2, -0.15) is 0 Å². The molecule has 5 heteroatoms. The van der Waals surface area contributed by atoms with Crippen molar-refractivity contribution in [1.29, 1.82) is 0 Å². The quantitative estimate of drug-likeness (QED) is 0.150. The molecule has 1 atom stereocenters. The van der Waals surface area contributed by atoms with E-state index in [0.29, 0.717) is 4.90 Å². The molecule has 6 aromatic carbocycles. The Bertz CT molecular complexity index is 1910. The molecule has 200 valence electrons. The normalized spacial score (nSPS) is 11.5. The molecule has 0 spiro atoms. The number of fused-ring (bicyclic) bond motifs is 4. The first kappa shape index (κ1) is 27.1. The molecule has 0 aliphatic carbocycles. The Kier molecular flexibility index (Phi) is 8.31. The Hall–Kier alpha value is -4.13. The average Bonchev–Trinajstić information content (AvgIpc) is 3.71. The summed E-state index contributed by atoms with van der Waals surface area (Å²) in [7, 11) is 0. The fourth-order valence-corrected chi connectivity index (χ4v) is 7.29. The summed E-state index contributed by atoms with van der Waals surface area (Å²) in [5, 5.41) is 10.4. The molecule has 1 unspecified atom stereocenters. The third kappa shape index (κ3) is 5.85. The minimum absolute atomic E-state index is 0.371. The van der Waals surface area contributed by atoms with Crippen molar-refractivity contribution in [2.75, 3.05) is 0 Å². The van der Waals surface area contributed by atoms with Crippen molar-refractivity contribution in [3.8, 4) is 11.1 Å². The van der Waals surface area contributed by atoms with Gasteiger partial charge in [-0.1, -0.05) is 115 Å². The molecule has 0 bridgehead atoms. The minimum Gasteiger partial charge on any atom is -0.768 e. The summed E-state index contributed by atoms with van der Waals surface area (Å²) in [6.45, 7) is 0. The zero-order chi connectivity index (χ0) is 28.0. The Labute approximate surface area is 249 Å². The lowest BCUT2D eigenvalue weighted by Gasteiger charge is -2.18. The van der Waals surface area contributed by atoms with E-state index in [1.54, 1.807) is 22.7 Å². The van der Waals surface area contributed by atoms with Crippen molar-refractivity contribution in [3.63, 3.8) is 0 Å². The van der Waals surface area contributed by atoms with Crippen LogP contribution in [-0.4, -0.2) is 8.76 Å². The van der Waals surface area contributed by atoms with Crippen molar-refractivity contribution in [2.45, 2.75) is 4.90 Å². The van der Waals surface area contributed by atoms with Gasteiger partial charge >= 0.3 is 0 Å². The molecule has 0 saturated carbocycles. The van der Waals surface area contributed by atoms with Crippen LogP contribution in [0.2, 0.25) is 0 Å². The molecule has 0 N–H and O–H groups in total. The summed E-state index contributed by atoms with van der Waals surface area (Å²) in [5.74, 6) is 0. The van der Waals surface area contributed by atoms with Crippen LogP contribution in [0.1, 0.15) is 0 Å². The second-order valence-corrected chi connectivity index (χ2v) is 12.1. The van der Waals surface area contributed by atoms with Crippen molar-refractivity contribution in [2.24, 2.45) is 0 Å². The van der Waals surface area contributed by atoms with Crippen LogP contribution in [0.15, 0.2) is 155 Å². The lowest BCUT2D eigenvalue weighted by Crippen LogP contribution is -1.95. The van der Waals surface area contributed by atoms with Crippen LogP contribution < -0.4 is 0 Å². The van der Waals surface area contributed by atoms with E-state index in [2.05, 4.69) is 83.6 Å². The highest BCUT2D eigenvalue weighted by Crippen LogP contribution is 2.40. The molecule has 0 fully saturated rings. The summed E-state index contributed by atoms with van der Waals surface area (Å²) < 4.78 is 26.5. The maximum Gasteiger partial charge on any atom is 0.0406 e. The van der Waals surface area contributed by atoms with Gasteiger partial charge in [-0.25, -0.2) is 0 Å². The largest absolute Gasteiger partial charge is 0.768 e. The van der Waals surface area contributed by atoms with E-state index in [4.69, 9.17) is 0 Å². The van der Waals surface area contributed by atoms with E-state index >= 15 is 0 Å². The van der Waals surface area contributed by atoms with E-state index in [-0.39, 0.29) is 0 Å². The highest BCUT2D eigenvalue weighted by molar-refractivity contribution is 7.79. The molecule has 0 radical (unpaired) electrons. The van der Waals surface area contributed by atoms with Gasteiger partial charge in [-0.3, -0.25) is 4.21 Å². The van der Waals surface area contributed by atoms with E-state index in [1.165, 1.54) is 20.2 Å². The number of hydrogen-bond acceptors (Lipinski definition) is 4. The average molecular weight is 586 g/mol. The standard InChI is InChI=1S/C20H14O2S.2C8H6S/c21-23(22)20-17-12-6-4-10-15(17)19(14-8-2-1-3-9-14)16-11-5-7-13-18(16)20;2*1-2-4-8-7(3-1)5-6-9-8/h1-13H,(H,21,22);2*1-6H/p-1. The number of thiophene rings is 2. The topological polar surface area (TPSA) is 40.1 Å². The second kappa shape index (κ2) is 12.6. The number of rotatable bonds is 2. The fraction of sp³-hybridized carbons (Fsp3) is 0. The van der Waals surface area contributed by atoms with Crippen molar-refractivity contribution in [3.05, 3.63) is 150 Å². The summed E-state index contributed by atoms with van der Waals surface area (Å²) >= 11 is 1.28. The van der Waals surface area contributed by atoms with E-state index in [1.807, 2.05) is 66.7 Å². The third-order valence-corrected chi connectivity index (χ3v) is 9.40. The monoisotopic (exact) mass is 585 g/mol. The molecule has 0 aliphatic heterocycles. The van der Waals surface area contributed by atoms with Gasteiger partial charge in [0.1, 0.15) is 0 Å². The first-order chi connectivity index (χ1) is 20.2. The summed E-state index contributed by atoms with van der Waals surface area (Å²) in [4.78, 5) is 0.371. The van der Waals surface area contributed by atoms with Gasteiger partial charge in [0.05, 0.1) is 0 Å². The predicted molar refractivity (Wildman–Crippen MR) is 178 cm³/mol. The van der Waals surface area contributed by atoms with Crippen LogP contribution in [0.3, 0.4) is 0 Å². The van der Waals surface area contributed by atoms with E-state index < -0.39 is 11.1 Å². The SMILES string of the molecule is O=S([O-])c1c2ccccc2c(-c2ccccc2)c2ccccc12.c1ccc2sccc2c1.c1ccc2sccc2c1. The van der Waals surface area contributed by atoms with Crippen LogP contribution >= 0.6 is 22.7 Å². The molecular formula is C36H25O2S3-. The van der Waals surface area contributed by atoms with Gasteiger partial charge in [0, 0.05) is 14.3 Å². The first-order valence-corrected chi connectivity index (χ1v) is 16.0. The molecule has 0 aliphatic rings. The lowest BCUT2D eigenvalue weighted by molar-refractivity contribution is 0.539. The molecule has 8 aromatic rings. The van der Waals surface area contributed by atoms with Crippen molar-refractivity contribution in [1.82, 2.24) is 0 Å². The lowest BCUT2D eigenvalue weighted by atomic mass is 9.92. The molecule has 2 heterocycles. The Balaban J connectivity index is 0.000000136. The third-order valence-electron chi connectivity index (χ3n) is 6.83. The second-order valence-electron chi connectivity index (χ2n) is 9.31. The van der Waals surface area contributed by atoms with Gasteiger partial charge in [-0.05, 0) is 89.6 Å². The van der Waals surface area contributed by atoms with Crippen molar-refractivity contribution < 1.29 is 8.76 Å². The van der Waals surface area contributed by atoms with Crippen LogP contribution in [-0.2, 0) is 11.1 Å². The van der Waals surface area contributed by atoms with Crippen molar-refractivity contribution >= 4 is 75.5 Å². The van der Waals surface area contributed by atoms with Gasteiger partial charge in [0.15, 0.2) is 0 Å². The van der Waals surface area contributed by atoms with Crippen LogP contribution in [0.25, 0.3) is 52.8 Å². The summed E-state index contributed by atoms with van der Waals surface area (Å²) in [6, 6.07) is 46.5. The van der Waals surface area contributed by atoms with E-state index in [9.17, 15) is 8.76 Å². The Morgan fingerprint density at radius 1 is 0.463 bits per heavy atom. The summed E-state index contributed by atoms with van der Waals surface area (Å²) in [6.07, 6.45) is 0. The molecule has 2 nitrogen and oxygen atoms in total. The van der Waals surface area contributed by atoms with Gasteiger partial charge < -0.3 is 4.55 Å². The molecule has 8 rings (SSSR count). The maximum absolute atomic E-state index is 11.9. The highest BCUT2D eigenvalue weighted by Gasteiger charge is 2.14. The fourth-order valence-electron chi connectivity index (χ4n) is 5.00. The molecule has 0 amide bonds. The minimum atomic E-state index is -2.29. The molecule has 41 heavy (non-hydrogen) atoms. The Morgan fingerprint density at radius 2 is 0.878 bits per heavy atom. The summed E-state index contributed by atoms with van der Waals surface area (Å²) in [5.41, 5.74) is 2.16. The molecule has 0 saturated heterocycles. The molecular weight excluding hydrogens is 561 g/mol. The van der Waals surface area contributed by atoms with Gasteiger partial charge in [0.2, 0.25) is 0 Å². The number of benzene rings is 6. The number of hydrogen-bond donors (Lipinski definition) is 0. The van der Waals surface area contributed by atoms with E-state index in [0.717, 1.165) is 32.7 Å². The molecule has 2 aromatic heterocycles. The zero-order valence-corrected chi connectivity index (χ0v) is 24.4. The predicted octanol–water partition coefficient (Wildman–Crippen LogP) is 10.7. The first-order valence-electron chi connectivity index (χ1n) is 13.1. The van der Waals surface area contributed by atoms with Gasteiger partial charge in [-0.15, -0.1) is 22.7 Å². The Morgan fingerprint density at radius 3 is 1.34 bits per heavy atom. The van der Waals surface area contributed by atoms with Crippen LogP contribution in [0.4, 0.5) is 0 Å². The maximum atomic E-state index is 11.9.